The smallest absolute Gasteiger partial charge is 0.253 e. The Balaban J connectivity index is 1.67. The van der Waals surface area contributed by atoms with Gasteiger partial charge >= 0.3 is 0 Å². The molecule has 0 radical (unpaired) electrons. The summed E-state index contributed by atoms with van der Waals surface area (Å²) in [6, 6.07) is 10.8. The fourth-order valence-electron chi connectivity index (χ4n) is 3.91. The van der Waals surface area contributed by atoms with Crippen LogP contribution in [0.2, 0.25) is 0 Å². The first-order chi connectivity index (χ1) is 14.6. The highest BCUT2D eigenvalue weighted by Gasteiger charge is 2.21. The molecule has 4 aromatic rings. The summed E-state index contributed by atoms with van der Waals surface area (Å²) in [5.41, 5.74) is 2.45. The quantitative estimate of drug-likeness (QED) is 0.482. The lowest BCUT2D eigenvalue weighted by Crippen LogP contribution is -2.20. The van der Waals surface area contributed by atoms with Gasteiger partial charge in [0.05, 0.1) is 5.52 Å². The van der Waals surface area contributed by atoms with Gasteiger partial charge in [-0.15, -0.1) is 0 Å². The molecule has 2 aromatic heterocycles. The molecule has 6 nitrogen and oxygen atoms in total. The van der Waals surface area contributed by atoms with Gasteiger partial charge in [0.2, 0.25) is 0 Å². The number of anilines is 1. The van der Waals surface area contributed by atoms with Crippen LogP contribution in [0.3, 0.4) is 0 Å². The average molecular weight is 403 g/mol. The molecule has 7 heteroatoms. The second-order valence-electron chi connectivity index (χ2n) is 7.61. The Hall–Kier alpha value is -3.48. The third-order valence-corrected chi connectivity index (χ3v) is 5.45. The van der Waals surface area contributed by atoms with Crippen molar-refractivity contribution in [2.75, 3.05) is 18.0 Å². The van der Waals surface area contributed by atoms with Crippen LogP contribution in [0.4, 0.5) is 10.2 Å². The Bertz CT molecular complexity index is 1200. The van der Waals surface area contributed by atoms with Gasteiger partial charge in [0, 0.05) is 36.9 Å². The van der Waals surface area contributed by atoms with E-state index in [1.807, 2.05) is 38.1 Å². The summed E-state index contributed by atoms with van der Waals surface area (Å²) < 4.78 is 22.7. The molecule has 1 fully saturated rings. The van der Waals surface area contributed by atoms with Crippen molar-refractivity contribution in [2.45, 2.75) is 26.7 Å². The van der Waals surface area contributed by atoms with Gasteiger partial charge in [0.1, 0.15) is 11.6 Å². The zero-order valence-electron chi connectivity index (χ0n) is 17.0. The second-order valence-corrected chi connectivity index (χ2v) is 7.61. The standard InChI is InChI=1S/C23H22FN5O/c1-15-7-5-8-16(2)21(15)30-20-13-17-19(14-18(20)24)26-23(29-12-6-9-25-29)27-22(17)28-10-3-4-11-28/h5-9,12-14H,3-4,10-11H2,1-2H3. The van der Waals surface area contributed by atoms with E-state index in [2.05, 4.69) is 15.0 Å². The van der Waals surface area contributed by atoms with Gasteiger partial charge in [0.15, 0.2) is 11.6 Å². The van der Waals surface area contributed by atoms with Crippen LogP contribution in [-0.2, 0) is 0 Å². The van der Waals surface area contributed by atoms with E-state index < -0.39 is 5.82 Å². The van der Waals surface area contributed by atoms with Crippen molar-refractivity contribution in [3.63, 3.8) is 0 Å². The summed E-state index contributed by atoms with van der Waals surface area (Å²) in [7, 11) is 0. The number of aromatic nitrogens is 4. The molecule has 0 atom stereocenters. The van der Waals surface area contributed by atoms with Gasteiger partial charge in [-0.05, 0) is 49.9 Å². The first-order valence-corrected chi connectivity index (χ1v) is 10.1. The number of fused-ring (bicyclic) bond motifs is 1. The first kappa shape index (κ1) is 18.5. The molecule has 5 rings (SSSR count). The number of para-hydroxylation sites is 1. The molecule has 152 valence electrons. The molecule has 0 aliphatic carbocycles. The van der Waals surface area contributed by atoms with Crippen molar-refractivity contribution in [3.05, 3.63) is 65.7 Å². The molecule has 1 aliphatic rings. The predicted octanol–water partition coefficient (Wildman–Crippen LogP) is 4.96. The minimum absolute atomic E-state index is 0.177. The molecule has 3 heterocycles. The minimum Gasteiger partial charge on any atom is -0.454 e. The van der Waals surface area contributed by atoms with Gasteiger partial charge in [-0.3, -0.25) is 0 Å². The molecule has 2 aromatic carbocycles. The van der Waals surface area contributed by atoms with Crippen LogP contribution < -0.4 is 9.64 Å². The third kappa shape index (κ3) is 3.26. The molecule has 0 spiro atoms. The van der Waals surface area contributed by atoms with Crippen molar-refractivity contribution in [1.82, 2.24) is 19.7 Å². The zero-order chi connectivity index (χ0) is 20.7. The van der Waals surface area contributed by atoms with Crippen molar-refractivity contribution in [2.24, 2.45) is 0 Å². The number of halogens is 1. The highest BCUT2D eigenvalue weighted by molar-refractivity contribution is 5.91. The number of ether oxygens (including phenoxy) is 1. The van der Waals surface area contributed by atoms with Crippen molar-refractivity contribution in [1.29, 1.82) is 0 Å². The zero-order valence-corrected chi connectivity index (χ0v) is 17.0. The summed E-state index contributed by atoms with van der Waals surface area (Å²) in [5, 5.41) is 5.00. The Kier molecular flexibility index (Phi) is 4.58. The Morgan fingerprint density at radius 3 is 2.47 bits per heavy atom. The lowest BCUT2D eigenvalue weighted by molar-refractivity contribution is 0.438. The molecular weight excluding hydrogens is 381 g/mol. The Morgan fingerprint density at radius 1 is 1.00 bits per heavy atom. The van der Waals surface area contributed by atoms with Crippen LogP contribution in [0.25, 0.3) is 16.9 Å². The van der Waals surface area contributed by atoms with Gasteiger partial charge in [0.25, 0.3) is 5.95 Å². The molecule has 30 heavy (non-hydrogen) atoms. The number of aryl methyl sites for hydroxylation is 2. The molecule has 0 bridgehead atoms. The molecule has 1 aliphatic heterocycles. The second kappa shape index (κ2) is 7.40. The van der Waals surface area contributed by atoms with Crippen LogP contribution in [0.5, 0.6) is 11.5 Å². The SMILES string of the molecule is Cc1cccc(C)c1Oc1cc2c(N3CCCC3)nc(-n3cccn3)nc2cc1F. The lowest BCUT2D eigenvalue weighted by atomic mass is 10.1. The van der Waals surface area contributed by atoms with Crippen molar-refractivity contribution < 1.29 is 9.13 Å². The summed E-state index contributed by atoms with van der Waals surface area (Å²) in [6.07, 6.45) is 5.67. The van der Waals surface area contributed by atoms with E-state index in [0.29, 0.717) is 17.2 Å². The number of rotatable bonds is 4. The van der Waals surface area contributed by atoms with E-state index in [1.54, 1.807) is 23.1 Å². The summed E-state index contributed by atoms with van der Waals surface area (Å²) >= 11 is 0. The summed E-state index contributed by atoms with van der Waals surface area (Å²) in [5.74, 6) is 1.61. The number of hydrogen-bond acceptors (Lipinski definition) is 5. The molecule has 0 saturated carbocycles. The minimum atomic E-state index is -0.456. The summed E-state index contributed by atoms with van der Waals surface area (Å²) in [4.78, 5) is 11.6. The molecule has 0 unspecified atom stereocenters. The number of hydrogen-bond donors (Lipinski definition) is 0. The predicted molar refractivity (Wildman–Crippen MR) is 114 cm³/mol. The van der Waals surface area contributed by atoms with E-state index in [1.165, 1.54) is 6.07 Å². The normalized spacial score (nSPS) is 13.9. The third-order valence-electron chi connectivity index (χ3n) is 5.45. The Morgan fingerprint density at radius 2 is 1.77 bits per heavy atom. The largest absolute Gasteiger partial charge is 0.454 e. The highest BCUT2D eigenvalue weighted by Crippen LogP contribution is 2.36. The lowest BCUT2D eigenvalue weighted by Gasteiger charge is -2.20. The molecular formula is C23H22FN5O. The van der Waals surface area contributed by atoms with E-state index in [-0.39, 0.29) is 5.75 Å². The van der Waals surface area contributed by atoms with Crippen LogP contribution in [-0.4, -0.2) is 32.8 Å². The van der Waals surface area contributed by atoms with E-state index >= 15 is 4.39 Å². The molecule has 0 N–H and O–H groups in total. The van der Waals surface area contributed by atoms with Gasteiger partial charge in [-0.1, -0.05) is 18.2 Å². The van der Waals surface area contributed by atoms with Crippen LogP contribution in [0, 0.1) is 19.7 Å². The maximum absolute atomic E-state index is 15.0. The maximum Gasteiger partial charge on any atom is 0.253 e. The number of nitrogens with zero attached hydrogens (tertiary/aromatic N) is 5. The van der Waals surface area contributed by atoms with E-state index in [0.717, 1.165) is 48.3 Å². The van der Waals surface area contributed by atoms with Gasteiger partial charge in [-0.25, -0.2) is 14.1 Å². The molecule has 1 saturated heterocycles. The van der Waals surface area contributed by atoms with Gasteiger partial charge in [-0.2, -0.15) is 10.1 Å². The van der Waals surface area contributed by atoms with Crippen LogP contribution in [0.1, 0.15) is 24.0 Å². The van der Waals surface area contributed by atoms with Crippen molar-refractivity contribution >= 4 is 16.7 Å². The highest BCUT2D eigenvalue weighted by atomic mass is 19.1. The fraction of sp³-hybridized carbons (Fsp3) is 0.261. The topological polar surface area (TPSA) is 56.1 Å². The van der Waals surface area contributed by atoms with Crippen LogP contribution in [0.15, 0.2) is 48.8 Å². The Labute approximate surface area is 173 Å². The molecule has 0 amide bonds. The first-order valence-electron chi connectivity index (χ1n) is 10.1. The number of benzene rings is 2. The summed E-state index contributed by atoms with van der Waals surface area (Å²) in [6.45, 7) is 5.73. The van der Waals surface area contributed by atoms with Crippen molar-refractivity contribution in [3.8, 4) is 17.4 Å². The average Bonchev–Trinajstić information content (AvgIpc) is 3.44. The van der Waals surface area contributed by atoms with Crippen LogP contribution >= 0.6 is 0 Å². The van der Waals surface area contributed by atoms with E-state index in [9.17, 15) is 0 Å². The fourth-order valence-corrected chi connectivity index (χ4v) is 3.91. The maximum atomic E-state index is 15.0. The monoisotopic (exact) mass is 403 g/mol. The van der Waals surface area contributed by atoms with E-state index in [4.69, 9.17) is 9.72 Å². The van der Waals surface area contributed by atoms with Gasteiger partial charge < -0.3 is 9.64 Å².